The minimum atomic E-state index is -0.0781. The average molecular weight is 339 g/mol. The van der Waals surface area contributed by atoms with Gasteiger partial charge in [0.1, 0.15) is 12.4 Å². The van der Waals surface area contributed by atoms with Gasteiger partial charge in [0.05, 0.1) is 10.6 Å². The number of hydrogen-bond acceptors (Lipinski definition) is 5. The molecule has 0 spiro atoms. The third kappa shape index (κ3) is 3.64. The summed E-state index contributed by atoms with van der Waals surface area (Å²) in [5, 5.41) is 9.13. The Labute approximate surface area is 144 Å². The standard InChI is InChI=1S/C19H17NO3S/c1-13(21)19-17(20-22)11-18(24-19)15-7-9-16(10-8-15)23-12-14-5-3-2-4-6-14/h2-11,20,22H,12H2,1H3. The Bertz CT molecular complexity index is 826. The van der Waals surface area contributed by atoms with E-state index in [1.165, 1.54) is 18.3 Å². The molecule has 0 aliphatic carbocycles. The van der Waals surface area contributed by atoms with Crippen molar-refractivity contribution in [2.45, 2.75) is 13.5 Å². The fourth-order valence-corrected chi connectivity index (χ4v) is 3.34. The van der Waals surface area contributed by atoms with Gasteiger partial charge < -0.3 is 4.74 Å². The highest BCUT2D eigenvalue weighted by Gasteiger charge is 2.13. The lowest BCUT2D eigenvalue weighted by atomic mass is 10.1. The lowest BCUT2D eigenvalue weighted by Gasteiger charge is -2.06. The number of Topliss-reactive ketones (excluding diaryl/α,β-unsaturated/α-hetero) is 1. The van der Waals surface area contributed by atoms with Crippen LogP contribution in [0.2, 0.25) is 0 Å². The molecule has 4 nitrogen and oxygen atoms in total. The van der Waals surface area contributed by atoms with Gasteiger partial charge in [0.15, 0.2) is 5.78 Å². The molecule has 0 amide bonds. The number of anilines is 1. The number of ether oxygens (including phenoxy) is 1. The first kappa shape index (κ1) is 16.2. The normalized spacial score (nSPS) is 10.4. The van der Waals surface area contributed by atoms with Crippen LogP contribution >= 0.6 is 11.3 Å². The molecule has 0 aliphatic heterocycles. The first-order valence-electron chi connectivity index (χ1n) is 7.49. The van der Waals surface area contributed by atoms with Crippen molar-refractivity contribution < 1.29 is 14.7 Å². The van der Waals surface area contributed by atoms with E-state index in [9.17, 15) is 4.79 Å². The number of nitrogens with one attached hydrogen (secondary N) is 1. The molecular formula is C19H17NO3S. The van der Waals surface area contributed by atoms with Crippen molar-refractivity contribution in [2.24, 2.45) is 0 Å². The van der Waals surface area contributed by atoms with Crippen LogP contribution in [0.1, 0.15) is 22.2 Å². The Morgan fingerprint density at radius 3 is 2.42 bits per heavy atom. The highest BCUT2D eigenvalue weighted by Crippen LogP contribution is 2.35. The maximum atomic E-state index is 11.6. The van der Waals surface area contributed by atoms with Crippen LogP contribution in [0.4, 0.5) is 5.69 Å². The van der Waals surface area contributed by atoms with Crippen molar-refractivity contribution in [3.8, 4) is 16.2 Å². The van der Waals surface area contributed by atoms with Crippen LogP contribution < -0.4 is 10.2 Å². The molecule has 1 aromatic heterocycles. The molecule has 2 aromatic carbocycles. The summed E-state index contributed by atoms with van der Waals surface area (Å²) in [5.74, 6) is 0.706. The maximum Gasteiger partial charge on any atom is 0.171 e. The zero-order valence-corrected chi connectivity index (χ0v) is 14.0. The van der Waals surface area contributed by atoms with E-state index in [0.717, 1.165) is 21.8 Å². The van der Waals surface area contributed by atoms with E-state index in [2.05, 4.69) is 5.48 Å². The summed E-state index contributed by atoms with van der Waals surface area (Å²) in [5.41, 5.74) is 4.60. The monoisotopic (exact) mass is 339 g/mol. The lowest BCUT2D eigenvalue weighted by molar-refractivity contribution is 0.102. The maximum absolute atomic E-state index is 11.6. The minimum Gasteiger partial charge on any atom is -0.489 e. The first-order chi connectivity index (χ1) is 11.7. The van der Waals surface area contributed by atoms with Crippen molar-refractivity contribution in [1.29, 1.82) is 0 Å². The van der Waals surface area contributed by atoms with Crippen LogP contribution in [-0.4, -0.2) is 11.0 Å². The summed E-state index contributed by atoms with van der Waals surface area (Å²) in [6.45, 7) is 2.00. The summed E-state index contributed by atoms with van der Waals surface area (Å²) in [4.78, 5) is 13.0. The quantitative estimate of drug-likeness (QED) is 0.490. The van der Waals surface area contributed by atoms with Gasteiger partial charge in [-0.1, -0.05) is 30.3 Å². The van der Waals surface area contributed by atoms with Crippen LogP contribution in [0, 0.1) is 0 Å². The number of benzene rings is 2. The molecule has 0 bridgehead atoms. The van der Waals surface area contributed by atoms with Crippen LogP contribution in [0.15, 0.2) is 60.7 Å². The summed E-state index contributed by atoms with van der Waals surface area (Å²) in [6, 6.07) is 19.4. The Morgan fingerprint density at radius 2 is 1.83 bits per heavy atom. The molecule has 0 aliphatic rings. The van der Waals surface area contributed by atoms with E-state index in [4.69, 9.17) is 9.94 Å². The van der Waals surface area contributed by atoms with Crippen molar-refractivity contribution in [3.63, 3.8) is 0 Å². The van der Waals surface area contributed by atoms with Crippen molar-refractivity contribution >= 4 is 22.8 Å². The van der Waals surface area contributed by atoms with Gasteiger partial charge in [-0.15, -0.1) is 11.3 Å². The van der Waals surface area contributed by atoms with Crippen molar-refractivity contribution in [3.05, 3.63) is 71.1 Å². The fraction of sp³-hybridized carbons (Fsp3) is 0.105. The number of rotatable bonds is 6. The fourth-order valence-electron chi connectivity index (χ4n) is 2.33. The molecule has 0 fully saturated rings. The zero-order chi connectivity index (χ0) is 16.9. The first-order valence-corrected chi connectivity index (χ1v) is 8.31. The molecule has 0 atom stereocenters. The van der Waals surface area contributed by atoms with Crippen molar-refractivity contribution in [1.82, 2.24) is 0 Å². The second-order valence-corrected chi connectivity index (χ2v) is 6.37. The third-order valence-corrected chi connectivity index (χ3v) is 4.84. The molecule has 24 heavy (non-hydrogen) atoms. The number of ketones is 1. The Balaban J connectivity index is 1.73. The highest BCUT2D eigenvalue weighted by atomic mass is 32.1. The van der Waals surface area contributed by atoms with E-state index in [1.54, 1.807) is 6.07 Å². The van der Waals surface area contributed by atoms with Gasteiger partial charge in [-0.2, -0.15) is 0 Å². The van der Waals surface area contributed by atoms with Gasteiger partial charge in [-0.25, -0.2) is 0 Å². The predicted molar refractivity (Wildman–Crippen MR) is 95.9 cm³/mol. The van der Waals surface area contributed by atoms with Crippen LogP contribution in [-0.2, 0) is 6.61 Å². The second kappa shape index (κ2) is 7.29. The second-order valence-electron chi connectivity index (χ2n) is 5.32. The van der Waals surface area contributed by atoms with E-state index < -0.39 is 0 Å². The Hall–Kier alpha value is -2.63. The number of carbonyl (C=O) groups is 1. The largest absolute Gasteiger partial charge is 0.489 e. The van der Waals surface area contributed by atoms with Gasteiger partial charge in [0.2, 0.25) is 0 Å². The summed E-state index contributed by atoms with van der Waals surface area (Å²) in [7, 11) is 0. The molecule has 0 radical (unpaired) electrons. The van der Waals surface area contributed by atoms with Crippen LogP contribution in [0.25, 0.3) is 10.4 Å². The molecule has 2 N–H and O–H groups in total. The van der Waals surface area contributed by atoms with Gasteiger partial charge >= 0.3 is 0 Å². The van der Waals surface area contributed by atoms with Gasteiger partial charge in [0.25, 0.3) is 0 Å². The molecule has 0 saturated carbocycles. The van der Waals surface area contributed by atoms with Crippen molar-refractivity contribution in [2.75, 3.05) is 5.48 Å². The topological polar surface area (TPSA) is 58.6 Å². The molecule has 5 heteroatoms. The molecular weight excluding hydrogens is 322 g/mol. The number of carbonyl (C=O) groups excluding carboxylic acids is 1. The summed E-state index contributed by atoms with van der Waals surface area (Å²) < 4.78 is 5.77. The lowest BCUT2D eigenvalue weighted by Crippen LogP contribution is -1.94. The van der Waals surface area contributed by atoms with Gasteiger partial charge in [-0.3, -0.25) is 15.5 Å². The minimum absolute atomic E-state index is 0.0781. The van der Waals surface area contributed by atoms with Crippen LogP contribution in [0.5, 0.6) is 5.75 Å². The number of hydrogen-bond donors (Lipinski definition) is 2. The summed E-state index contributed by atoms with van der Waals surface area (Å²) >= 11 is 1.35. The van der Waals surface area contributed by atoms with Gasteiger partial charge in [-0.05, 0) is 41.5 Å². The molecule has 122 valence electrons. The predicted octanol–water partition coefficient (Wildman–Crippen LogP) is 5.00. The molecule has 1 heterocycles. The molecule has 0 unspecified atom stereocenters. The van der Waals surface area contributed by atoms with E-state index in [0.29, 0.717) is 17.2 Å². The highest BCUT2D eigenvalue weighted by molar-refractivity contribution is 7.18. The average Bonchev–Trinajstić information content (AvgIpc) is 3.06. The SMILES string of the molecule is CC(=O)c1sc(-c2ccc(OCc3ccccc3)cc2)cc1NO. The van der Waals surface area contributed by atoms with E-state index >= 15 is 0 Å². The van der Waals surface area contributed by atoms with Crippen LogP contribution in [0.3, 0.4) is 0 Å². The molecule has 0 saturated heterocycles. The Morgan fingerprint density at radius 1 is 1.12 bits per heavy atom. The number of thiophene rings is 1. The van der Waals surface area contributed by atoms with Gasteiger partial charge in [0, 0.05) is 11.8 Å². The van der Waals surface area contributed by atoms with E-state index in [-0.39, 0.29) is 5.78 Å². The zero-order valence-electron chi connectivity index (χ0n) is 13.2. The van der Waals surface area contributed by atoms with E-state index in [1.807, 2.05) is 54.6 Å². The molecule has 3 rings (SSSR count). The summed E-state index contributed by atoms with van der Waals surface area (Å²) in [6.07, 6.45) is 0. The molecule has 3 aromatic rings. The Kier molecular flexibility index (Phi) is 4.93. The third-order valence-electron chi connectivity index (χ3n) is 3.56. The smallest absolute Gasteiger partial charge is 0.171 e.